The summed E-state index contributed by atoms with van der Waals surface area (Å²) in [6, 6.07) is 8.47. The molecule has 0 unspecified atom stereocenters. The first-order chi connectivity index (χ1) is 8.85. The molecule has 1 saturated carbocycles. The van der Waals surface area contributed by atoms with Crippen LogP contribution >= 0.6 is 0 Å². The van der Waals surface area contributed by atoms with Gasteiger partial charge in [0.25, 0.3) is 0 Å². The quantitative estimate of drug-likeness (QED) is 0.896. The van der Waals surface area contributed by atoms with Crippen molar-refractivity contribution in [3.05, 3.63) is 30.5 Å². The number of anilines is 1. The normalized spacial score (nSPS) is 22.7. The van der Waals surface area contributed by atoms with E-state index in [0.717, 1.165) is 30.4 Å². The van der Waals surface area contributed by atoms with Crippen molar-refractivity contribution in [3.63, 3.8) is 0 Å². The maximum Gasteiger partial charge on any atom is 0.223 e. The molecule has 0 bridgehead atoms. The second-order valence-electron chi connectivity index (χ2n) is 4.64. The highest BCUT2D eigenvalue weighted by Gasteiger charge is 2.29. The largest absolute Gasteiger partial charge is 0.378 e. The van der Waals surface area contributed by atoms with Crippen LogP contribution in [0.3, 0.4) is 0 Å². The van der Waals surface area contributed by atoms with E-state index in [4.69, 9.17) is 4.74 Å². The fraction of sp³-hybridized carbons (Fsp3) is 0.429. The maximum absolute atomic E-state index is 5.54. The first-order valence-electron chi connectivity index (χ1n) is 6.45. The Bertz CT molecular complexity index is 537. The summed E-state index contributed by atoms with van der Waals surface area (Å²) >= 11 is 0. The van der Waals surface area contributed by atoms with Crippen LogP contribution in [0.15, 0.2) is 30.5 Å². The third kappa shape index (κ3) is 2.29. The zero-order chi connectivity index (χ0) is 12.4. The average molecular weight is 243 g/mol. The van der Waals surface area contributed by atoms with E-state index in [1.54, 1.807) is 0 Å². The Morgan fingerprint density at radius 3 is 3.00 bits per heavy atom. The monoisotopic (exact) mass is 243 g/mol. The second kappa shape index (κ2) is 4.90. The molecule has 0 aliphatic heterocycles. The minimum atomic E-state index is 0.410. The van der Waals surface area contributed by atoms with Gasteiger partial charge in [0.15, 0.2) is 0 Å². The molecular weight excluding hydrogens is 226 g/mol. The van der Waals surface area contributed by atoms with Crippen LogP contribution in [-0.2, 0) is 4.74 Å². The fourth-order valence-electron chi connectivity index (χ4n) is 2.28. The summed E-state index contributed by atoms with van der Waals surface area (Å²) in [5.74, 6) is 0.716. The van der Waals surface area contributed by atoms with Gasteiger partial charge in [0, 0.05) is 24.2 Å². The third-order valence-electron chi connectivity index (χ3n) is 3.32. The van der Waals surface area contributed by atoms with Gasteiger partial charge in [-0.2, -0.15) is 0 Å². The molecule has 0 radical (unpaired) electrons. The van der Waals surface area contributed by atoms with Crippen molar-refractivity contribution in [1.82, 2.24) is 9.97 Å². The Hall–Kier alpha value is -1.68. The van der Waals surface area contributed by atoms with Crippen LogP contribution in [0.1, 0.15) is 19.8 Å². The van der Waals surface area contributed by atoms with Crippen LogP contribution in [0.2, 0.25) is 0 Å². The van der Waals surface area contributed by atoms with Crippen LogP contribution in [0, 0.1) is 0 Å². The van der Waals surface area contributed by atoms with Crippen LogP contribution in [0.4, 0.5) is 5.95 Å². The van der Waals surface area contributed by atoms with Gasteiger partial charge >= 0.3 is 0 Å². The molecule has 3 rings (SSSR count). The van der Waals surface area contributed by atoms with E-state index in [1.165, 1.54) is 0 Å². The maximum atomic E-state index is 5.54. The van der Waals surface area contributed by atoms with Crippen molar-refractivity contribution in [2.75, 3.05) is 11.9 Å². The highest BCUT2D eigenvalue weighted by atomic mass is 16.5. The van der Waals surface area contributed by atoms with Crippen LogP contribution in [0.5, 0.6) is 0 Å². The van der Waals surface area contributed by atoms with E-state index in [2.05, 4.69) is 15.3 Å². The summed E-state index contributed by atoms with van der Waals surface area (Å²) < 4.78 is 5.54. The minimum absolute atomic E-state index is 0.410. The fourth-order valence-corrected chi connectivity index (χ4v) is 2.28. The molecular formula is C14H17N3O. The van der Waals surface area contributed by atoms with Crippen LogP contribution < -0.4 is 5.32 Å². The van der Waals surface area contributed by atoms with Crippen LogP contribution in [-0.4, -0.2) is 28.7 Å². The molecule has 0 spiro atoms. The molecule has 2 aromatic rings. The lowest BCUT2D eigenvalue weighted by Crippen LogP contribution is -2.41. The molecule has 0 saturated heterocycles. The van der Waals surface area contributed by atoms with E-state index in [1.807, 2.05) is 37.4 Å². The molecule has 94 valence electrons. The lowest BCUT2D eigenvalue weighted by atomic mass is 9.89. The molecule has 1 aliphatic carbocycles. The topological polar surface area (TPSA) is 47.0 Å². The van der Waals surface area contributed by atoms with Gasteiger partial charge in [0.2, 0.25) is 5.95 Å². The first kappa shape index (κ1) is 11.4. The molecule has 18 heavy (non-hydrogen) atoms. The summed E-state index contributed by atoms with van der Waals surface area (Å²) in [5.41, 5.74) is 0.982. The Balaban J connectivity index is 1.65. The van der Waals surface area contributed by atoms with Gasteiger partial charge in [-0.1, -0.05) is 18.2 Å². The number of aromatic nitrogens is 2. The zero-order valence-corrected chi connectivity index (χ0v) is 10.5. The molecule has 1 aliphatic rings. The predicted molar refractivity (Wildman–Crippen MR) is 71.6 cm³/mol. The summed E-state index contributed by atoms with van der Waals surface area (Å²) in [4.78, 5) is 8.84. The summed E-state index contributed by atoms with van der Waals surface area (Å²) in [7, 11) is 0. The Morgan fingerprint density at radius 1 is 1.33 bits per heavy atom. The summed E-state index contributed by atoms with van der Waals surface area (Å²) in [5, 5.41) is 4.43. The number of rotatable bonds is 4. The van der Waals surface area contributed by atoms with E-state index >= 15 is 0 Å². The molecule has 1 aromatic carbocycles. The second-order valence-corrected chi connectivity index (χ2v) is 4.64. The molecule has 4 nitrogen and oxygen atoms in total. The molecule has 0 amide bonds. The Labute approximate surface area is 106 Å². The Morgan fingerprint density at radius 2 is 2.17 bits per heavy atom. The molecule has 1 fully saturated rings. The van der Waals surface area contributed by atoms with E-state index in [0.29, 0.717) is 18.1 Å². The van der Waals surface area contributed by atoms with E-state index in [-0.39, 0.29) is 0 Å². The molecule has 1 N–H and O–H groups in total. The predicted octanol–water partition coefficient (Wildman–Crippen LogP) is 2.61. The number of para-hydroxylation sites is 1. The first-order valence-corrected chi connectivity index (χ1v) is 6.45. The SMILES string of the molecule is CCOC1CC(Nc2ncc3ccccc3n2)C1. The highest BCUT2D eigenvalue weighted by Crippen LogP contribution is 2.26. The van der Waals surface area contributed by atoms with Gasteiger partial charge in [0.05, 0.1) is 11.6 Å². The van der Waals surface area contributed by atoms with Crippen molar-refractivity contribution in [2.24, 2.45) is 0 Å². The van der Waals surface area contributed by atoms with Gasteiger partial charge in [-0.3, -0.25) is 0 Å². The Kier molecular flexibility index (Phi) is 3.11. The third-order valence-corrected chi connectivity index (χ3v) is 3.32. The zero-order valence-electron chi connectivity index (χ0n) is 10.5. The molecule has 1 heterocycles. The summed E-state index contributed by atoms with van der Waals surface area (Å²) in [6.45, 7) is 2.83. The highest BCUT2D eigenvalue weighted by molar-refractivity contribution is 5.78. The number of nitrogens with zero attached hydrogens (tertiary/aromatic N) is 2. The van der Waals surface area contributed by atoms with Gasteiger partial charge < -0.3 is 10.1 Å². The number of hydrogen-bond donors (Lipinski definition) is 1. The number of nitrogens with one attached hydrogen (secondary N) is 1. The van der Waals surface area contributed by atoms with Crippen molar-refractivity contribution in [1.29, 1.82) is 0 Å². The van der Waals surface area contributed by atoms with Crippen molar-refractivity contribution in [3.8, 4) is 0 Å². The number of benzene rings is 1. The van der Waals surface area contributed by atoms with Gasteiger partial charge in [0.1, 0.15) is 0 Å². The minimum Gasteiger partial charge on any atom is -0.378 e. The number of fused-ring (bicyclic) bond motifs is 1. The average Bonchev–Trinajstić information content (AvgIpc) is 2.36. The summed E-state index contributed by atoms with van der Waals surface area (Å²) in [6.07, 6.45) is 4.37. The smallest absolute Gasteiger partial charge is 0.223 e. The molecule has 0 atom stereocenters. The lowest BCUT2D eigenvalue weighted by molar-refractivity contribution is 0.00286. The lowest BCUT2D eigenvalue weighted by Gasteiger charge is -2.35. The number of hydrogen-bond acceptors (Lipinski definition) is 4. The van der Waals surface area contributed by atoms with E-state index in [9.17, 15) is 0 Å². The van der Waals surface area contributed by atoms with Gasteiger partial charge in [-0.15, -0.1) is 0 Å². The standard InChI is InChI=1S/C14H17N3O/c1-2-18-12-7-11(8-12)16-14-15-9-10-5-3-4-6-13(10)17-14/h3-6,9,11-12H,2,7-8H2,1H3,(H,15,16,17). The van der Waals surface area contributed by atoms with Gasteiger partial charge in [-0.05, 0) is 25.8 Å². The molecule has 4 heteroatoms. The van der Waals surface area contributed by atoms with E-state index < -0.39 is 0 Å². The van der Waals surface area contributed by atoms with Crippen LogP contribution in [0.25, 0.3) is 10.9 Å². The van der Waals surface area contributed by atoms with Crippen molar-refractivity contribution >= 4 is 16.9 Å². The number of ether oxygens (including phenoxy) is 1. The van der Waals surface area contributed by atoms with Gasteiger partial charge in [-0.25, -0.2) is 9.97 Å². The van der Waals surface area contributed by atoms with Crippen molar-refractivity contribution < 1.29 is 4.74 Å². The molecule has 1 aromatic heterocycles. The van der Waals surface area contributed by atoms with Crippen molar-refractivity contribution in [2.45, 2.75) is 31.9 Å².